The van der Waals surface area contributed by atoms with Crippen molar-refractivity contribution in [3.8, 4) is 11.5 Å². The smallest absolute Gasteiger partial charge is 0.205 e. The first-order chi connectivity index (χ1) is 13.3. The number of benzene rings is 2. The summed E-state index contributed by atoms with van der Waals surface area (Å²) in [4.78, 5) is 7.08. The van der Waals surface area contributed by atoms with Crippen LogP contribution in [-0.2, 0) is 6.42 Å². The van der Waals surface area contributed by atoms with Gasteiger partial charge >= 0.3 is 0 Å². The fourth-order valence-corrected chi connectivity index (χ4v) is 3.82. The van der Waals surface area contributed by atoms with Crippen LogP contribution in [0.2, 0.25) is 0 Å². The maximum Gasteiger partial charge on any atom is 0.205 e. The second-order valence-electron chi connectivity index (χ2n) is 6.82. The van der Waals surface area contributed by atoms with Gasteiger partial charge in [0.05, 0.1) is 0 Å². The largest absolute Gasteiger partial charge is 0.457 e. The number of nitrogens with zero attached hydrogens (tertiary/aromatic N) is 3. The molecule has 3 aromatic rings. The summed E-state index contributed by atoms with van der Waals surface area (Å²) in [5.41, 5.74) is 2.41. The molecule has 0 amide bonds. The molecular weight excluding hydrogens is 356 g/mol. The fourth-order valence-electron chi connectivity index (χ4n) is 3.08. The topological polar surface area (TPSA) is 50.3 Å². The highest BCUT2D eigenvalue weighted by Crippen LogP contribution is 2.24. The predicted octanol–water partition coefficient (Wildman–Crippen LogP) is 4.03. The zero-order chi connectivity index (χ0) is 18.5. The second-order valence-corrected chi connectivity index (χ2v) is 7.55. The van der Waals surface area contributed by atoms with Crippen LogP contribution in [0.5, 0.6) is 11.5 Å². The van der Waals surface area contributed by atoms with Crippen LogP contribution in [0.3, 0.4) is 0 Å². The quantitative estimate of drug-likeness (QED) is 0.724. The molecule has 0 spiro atoms. The van der Waals surface area contributed by atoms with Crippen molar-refractivity contribution >= 4 is 16.7 Å². The van der Waals surface area contributed by atoms with E-state index in [-0.39, 0.29) is 0 Å². The molecule has 0 radical (unpaired) electrons. The van der Waals surface area contributed by atoms with Gasteiger partial charge in [0.1, 0.15) is 17.3 Å². The number of aryl methyl sites for hydroxylation is 1. The maximum absolute atomic E-state index is 5.89. The molecule has 1 aliphatic rings. The normalized spacial score (nSPS) is 14.8. The average Bonchev–Trinajstić information content (AvgIpc) is 2.97. The lowest BCUT2D eigenvalue weighted by Gasteiger charge is -2.17. The molecule has 1 N–H and O–H groups in total. The highest BCUT2D eigenvalue weighted by molar-refractivity contribution is 7.09. The summed E-state index contributed by atoms with van der Waals surface area (Å²) in [6.07, 6.45) is 1.89. The van der Waals surface area contributed by atoms with Gasteiger partial charge in [-0.1, -0.05) is 29.8 Å². The molecule has 0 aliphatic carbocycles. The predicted molar refractivity (Wildman–Crippen MR) is 110 cm³/mol. The first-order valence-corrected chi connectivity index (χ1v) is 10.2. The van der Waals surface area contributed by atoms with E-state index in [1.807, 2.05) is 24.3 Å². The lowest BCUT2D eigenvalue weighted by Crippen LogP contribution is -2.27. The van der Waals surface area contributed by atoms with Gasteiger partial charge in [-0.2, -0.15) is 4.37 Å². The Morgan fingerprint density at radius 3 is 2.52 bits per heavy atom. The van der Waals surface area contributed by atoms with Gasteiger partial charge in [0.15, 0.2) is 0 Å². The molecule has 1 fully saturated rings. The number of nitrogens with one attached hydrogen (secondary N) is 1. The number of hydrogen-bond donors (Lipinski definition) is 1. The molecule has 140 valence electrons. The number of anilines is 1. The van der Waals surface area contributed by atoms with E-state index in [0.717, 1.165) is 61.5 Å². The number of rotatable bonds is 5. The standard InChI is InChI=1S/C21H24N4OS/c1-16-3-7-18(8-4-16)26-19-9-5-17(6-10-19)15-20-23-21(27-24-20)25-13-2-11-22-12-14-25/h3-10,22H,2,11-15H2,1H3. The molecule has 1 aliphatic heterocycles. The number of ether oxygens (including phenoxy) is 1. The summed E-state index contributed by atoms with van der Waals surface area (Å²) in [7, 11) is 0. The molecule has 0 unspecified atom stereocenters. The molecule has 1 aromatic heterocycles. The van der Waals surface area contributed by atoms with Crippen molar-refractivity contribution in [3.05, 3.63) is 65.5 Å². The minimum Gasteiger partial charge on any atom is -0.457 e. The summed E-state index contributed by atoms with van der Waals surface area (Å²) in [5.74, 6) is 2.58. The average molecular weight is 381 g/mol. The molecular formula is C21H24N4OS. The van der Waals surface area contributed by atoms with E-state index in [9.17, 15) is 0 Å². The van der Waals surface area contributed by atoms with Crippen LogP contribution >= 0.6 is 11.5 Å². The van der Waals surface area contributed by atoms with Crippen molar-refractivity contribution in [2.75, 3.05) is 31.1 Å². The van der Waals surface area contributed by atoms with Crippen LogP contribution in [0, 0.1) is 6.92 Å². The van der Waals surface area contributed by atoms with Gasteiger partial charge in [0.25, 0.3) is 0 Å². The van der Waals surface area contributed by atoms with E-state index < -0.39 is 0 Å². The summed E-state index contributed by atoms with van der Waals surface area (Å²) in [6.45, 7) is 6.21. The van der Waals surface area contributed by atoms with Crippen molar-refractivity contribution in [3.63, 3.8) is 0 Å². The van der Waals surface area contributed by atoms with E-state index in [0.29, 0.717) is 0 Å². The van der Waals surface area contributed by atoms with Crippen LogP contribution in [0.4, 0.5) is 5.13 Å². The van der Waals surface area contributed by atoms with E-state index in [2.05, 4.69) is 45.8 Å². The molecule has 27 heavy (non-hydrogen) atoms. The third kappa shape index (κ3) is 4.84. The third-order valence-electron chi connectivity index (χ3n) is 4.61. The highest BCUT2D eigenvalue weighted by atomic mass is 32.1. The van der Waals surface area contributed by atoms with Gasteiger partial charge < -0.3 is 15.0 Å². The lowest BCUT2D eigenvalue weighted by atomic mass is 10.1. The molecule has 0 bridgehead atoms. The molecule has 6 heteroatoms. The Labute approximate surface area is 164 Å². The van der Waals surface area contributed by atoms with E-state index >= 15 is 0 Å². The third-order valence-corrected chi connectivity index (χ3v) is 5.43. The van der Waals surface area contributed by atoms with E-state index in [4.69, 9.17) is 9.72 Å². The van der Waals surface area contributed by atoms with E-state index in [1.165, 1.54) is 22.7 Å². The Morgan fingerprint density at radius 1 is 1.00 bits per heavy atom. The first-order valence-electron chi connectivity index (χ1n) is 9.38. The van der Waals surface area contributed by atoms with Crippen molar-refractivity contribution in [1.29, 1.82) is 0 Å². The Bertz CT molecular complexity index is 853. The molecule has 4 rings (SSSR count). The fraction of sp³-hybridized carbons (Fsp3) is 0.333. The van der Waals surface area contributed by atoms with Gasteiger partial charge in [-0.15, -0.1) is 0 Å². The minimum absolute atomic E-state index is 0.743. The second kappa shape index (κ2) is 8.50. The van der Waals surface area contributed by atoms with Crippen LogP contribution in [0.15, 0.2) is 48.5 Å². The summed E-state index contributed by atoms with van der Waals surface area (Å²) in [6, 6.07) is 16.3. The van der Waals surface area contributed by atoms with Crippen LogP contribution in [0.1, 0.15) is 23.4 Å². The summed E-state index contributed by atoms with van der Waals surface area (Å²) in [5, 5.41) is 4.46. The maximum atomic E-state index is 5.89. The van der Waals surface area contributed by atoms with Crippen LogP contribution < -0.4 is 15.0 Å². The number of hydrogen-bond acceptors (Lipinski definition) is 6. The summed E-state index contributed by atoms with van der Waals surface area (Å²) < 4.78 is 10.4. The zero-order valence-electron chi connectivity index (χ0n) is 15.5. The monoisotopic (exact) mass is 380 g/mol. The Kier molecular flexibility index (Phi) is 5.65. The zero-order valence-corrected chi connectivity index (χ0v) is 16.3. The Morgan fingerprint density at radius 2 is 1.74 bits per heavy atom. The lowest BCUT2D eigenvalue weighted by molar-refractivity contribution is 0.482. The SMILES string of the molecule is Cc1ccc(Oc2ccc(Cc3nsc(N4CCCNCC4)n3)cc2)cc1. The van der Waals surface area contributed by atoms with Crippen molar-refractivity contribution in [2.24, 2.45) is 0 Å². The molecule has 0 atom stereocenters. The van der Waals surface area contributed by atoms with Gasteiger partial charge in [-0.25, -0.2) is 4.98 Å². The van der Waals surface area contributed by atoms with Gasteiger partial charge in [-0.05, 0) is 49.7 Å². The first kappa shape index (κ1) is 17.9. The Balaban J connectivity index is 1.37. The van der Waals surface area contributed by atoms with Crippen LogP contribution in [0.25, 0.3) is 0 Å². The molecule has 1 saturated heterocycles. The Hall–Kier alpha value is -2.44. The van der Waals surface area contributed by atoms with Gasteiger partial charge in [-0.3, -0.25) is 0 Å². The van der Waals surface area contributed by atoms with Crippen molar-refractivity contribution < 1.29 is 4.74 Å². The minimum atomic E-state index is 0.743. The molecule has 5 nitrogen and oxygen atoms in total. The number of aromatic nitrogens is 2. The van der Waals surface area contributed by atoms with E-state index in [1.54, 1.807) is 0 Å². The molecule has 2 heterocycles. The van der Waals surface area contributed by atoms with Crippen molar-refractivity contribution in [2.45, 2.75) is 19.8 Å². The molecule has 0 saturated carbocycles. The highest BCUT2D eigenvalue weighted by Gasteiger charge is 2.14. The van der Waals surface area contributed by atoms with Crippen LogP contribution in [-0.4, -0.2) is 35.5 Å². The van der Waals surface area contributed by atoms with Gasteiger partial charge in [0, 0.05) is 37.6 Å². The van der Waals surface area contributed by atoms with Crippen molar-refractivity contribution in [1.82, 2.24) is 14.7 Å². The van der Waals surface area contributed by atoms with Gasteiger partial charge in [0.2, 0.25) is 5.13 Å². The molecule has 2 aromatic carbocycles. The summed E-state index contributed by atoms with van der Waals surface area (Å²) >= 11 is 1.50.